The second-order valence-electron chi connectivity index (χ2n) is 6.96. The van der Waals surface area contributed by atoms with Crippen molar-refractivity contribution in [3.05, 3.63) is 83.1 Å². The summed E-state index contributed by atoms with van der Waals surface area (Å²) in [5.41, 5.74) is 1.56. The Kier molecular flexibility index (Phi) is 6.22. The Bertz CT molecular complexity index is 1180. The lowest BCUT2D eigenvalue weighted by molar-refractivity contribution is 0.103. The number of pyridine rings is 1. The summed E-state index contributed by atoms with van der Waals surface area (Å²) >= 11 is 6.07. The number of nitrogens with one attached hydrogen (secondary N) is 1. The zero-order chi connectivity index (χ0) is 21.8. The van der Waals surface area contributed by atoms with Gasteiger partial charge in [0, 0.05) is 47.3 Å². The first-order chi connectivity index (χ1) is 14.9. The normalized spacial score (nSPS) is 14.3. The molecule has 0 saturated carbocycles. The third kappa shape index (κ3) is 4.87. The largest absolute Gasteiger partial charge is 0.378 e. The number of halogens is 1. The number of benzene rings is 2. The van der Waals surface area contributed by atoms with E-state index in [1.165, 1.54) is 24.4 Å². The van der Waals surface area contributed by atoms with E-state index in [1.54, 1.807) is 42.6 Å². The summed E-state index contributed by atoms with van der Waals surface area (Å²) in [7, 11) is -3.92. The van der Waals surface area contributed by atoms with Gasteiger partial charge in [0.15, 0.2) is 5.78 Å². The maximum atomic E-state index is 13.0. The van der Waals surface area contributed by atoms with Gasteiger partial charge in [0.1, 0.15) is 0 Å². The van der Waals surface area contributed by atoms with Crippen LogP contribution in [-0.2, 0) is 14.8 Å². The number of rotatable bonds is 6. The van der Waals surface area contributed by atoms with Gasteiger partial charge in [0.05, 0.1) is 23.8 Å². The molecule has 1 aliphatic heterocycles. The minimum atomic E-state index is -3.92. The Labute approximate surface area is 185 Å². The number of hydrogen-bond donors (Lipinski definition) is 1. The van der Waals surface area contributed by atoms with E-state index in [4.69, 9.17) is 16.3 Å². The summed E-state index contributed by atoms with van der Waals surface area (Å²) in [6, 6.07) is 14.3. The highest BCUT2D eigenvalue weighted by atomic mass is 35.5. The fourth-order valence-electron chi connectivity index (χ4n) is 3.31. The van der Waals surface area contributed by atoms with Gasteiger partial charge in [-0.25, -0.2) is 8.42 Å². The van der Waals surface area contributed by atoms with Crippen LogP contribution in [0.5, 0.6) is 0 Å². The number of ketones is 1. The van der Waals surface area contributed by atoms with Crippen LogP contribution >= 0.6 is 11.6 Å². The SMILES string of the molecule is O=C(c1cccnc1)c1cc(Cl)ccc1NS(=O)(=O)c1ccc(N2CCOCC2)cc1. The molecule has 0 atom stereocenters. The van der Waals surface area contributed by atoms with Gasteiger partial charge < -0.3 is 9.64 Å². The zero-order valence-electron chi connectivity index (χ0n) is 16.5. The first kappa shape index (κ1) is 21.3. The number of nitrogens with zero attached hydrogens (tertiary/aromatic N) is 2. The molecule has 3 aromatic rings. The van der Waals surface area contributed by atoms with Gasteiger partial charge in [-0.3, -0.25) is 14.5 Å². The molecule has 1 aliphatic rings. The molecule has 2 heterocycles. The molecule has 1 saturated heterocycles. The van der Waals surface area contributed by atoms with E-state index < -0.39 is 10.0 Å². The third-order valence-corrected chi connectivity index (χ3v) is 6.53. The standard InChI is InChI=1S/C22H20ClN3O4S/c23-17-3-8-21(20(14-17)22(27)16-2-1-9-24-15-16)25-31(28,29)19-6-4-18(5-7-19)26-10-12-30-13-11-26/h1-9,14-15,25H,10-13H2. The number of ether oxygens (including phenoxy) is 1. The average molecular weight is 458 g/mol. The number of anilines is 2. The molecular formula is C22H20ClN3O4S. The molecule has 0 radical (unpaired) electrons. The van der Waals surface area contributed by atoms with Crippen LogP contribution in [0.15, 0.2) is 71.9 Å². The molecule has 0 spiro atoms. The van der Waals surface area contributed by atoms with Crippen LogP contribution in [-0.4, -0.2) is 45.5 Å². The van der Waals surface area contributed by atoms with Crippen LogP contribution in [0.4, 0.5) is 11.4 Å². The van der Waals surface area contributed by atoms with Crippen molar-refractivity contribution in [2.75, 3.05) is 35.9 Å². The molecule has 0 unspecified atom stereocenters. The van der Waals surface area contributed by atoms with Crippen molar-refractivity contribution in [2.45, 2.75) is 4.90 Å². The molecule has 0 amide bonds. The molecule has 0 aliphatic carbocycles. The van der Waals surface area contributed by atoms with Gasteiger partial charge in [0.2, 0.25) is 0 Å². The minimum absolute atomic E-state index is 0.0965. The lowest BCUT2D eigenvalue weighted by Gasteiger charge is -2.28. The van der Waals surface area contributed by atoms with E-state index >= 15 is 0 Å². The lowest BCUT2D eigenvalue weighted by atomic mass is 10.0. The van der Waals surface area contributed by atoms with Crippen molar-refractivity contribution in [3.8, 4) is 0 Å². The predicted octanol–water partition coefficient (Wildman–Crippen LogP) is 3.60. The maximum Gasteiger partial charge on any atom is 0.261 e. The first-order valence-corrected chi connectivity index (χ1v) is 11.5. The molecule has 7 nitrogen and oxygen atoms in total. The van der Waals surface area contributed by atoms with E-state index in [1.807, 2.05) is 0 Å². The van der Waals surface area contributed by atoms with Crippen LogP contribution in [0.2, 0.25) is 5.02 Å². The predicted molar refractivity (Wildman–Crippen MR) is 119 cm³/mol. The van der Waals surface area contributed by atoms with Crippen LogP contribution in [0.1, 0.15) is 15.9 Å². The monoisotopic (exact) mass is 457 g/mol. The quantitative estimate of drug-likeness (QED) is 0.569. The number of hydrogen-bond acceptors (Lipinski definition) is 6. The fourth-order valence-corrected chi connectivity index (χ4v) is 4.56. The topological polar surface area (TPSA) is 88.6 Å². The Morgan fingerprint density at radius 1 is 1.06 bits per heavy atom. The highest BCUT2D eigenvalue weighted by Gasteiger charge is 2.21. The molecule has 1 fully saturated rings. The highest BCUT2D eigenvalue weighted by Crippen LogP contribution is 2.27. The molecule has 31 heavy (non-hydrogen) atoms. The van der Waals surface area contributed by atoms with Gasteiger partial charge in [-0.1, -0.05) is 11.6 Å². The molecule has 160 valence electrons. The van der Waals surface area contributed by atoms with Crippen LogP contribution < -0.4 is 9.62 Å². The number of sulfonamides is 1. The van der Waals surface area contributed by atoms with Crippen LogP contribution in [0, 0.1) is 0 Å². The second-order valence-corrected chi connectivity index (χ2v) is 9.08. The van der Waals surface area contributed by atoms with Crippen LogP contribution in [0.3, 0.4) is 0 Å². The molecule has 1 aromatic heterocycles. The van der Waals surface area contributed by atoms with E-state index in [9.17, 15) is 13.2 Å². The van der Waals surface area contributed by atoms with Crippen molar-refractivity contribution in [2.24, 2.45) is 0 Å². The second kappa shape index (κ2) is 9.05. The van der Waals surface area contributed by atoms with Crippen molar-refractivity contribution >= 4 is 38.8 Å². The van der Waals surface area contributed by atoms with Gasteiger partial charge in [-0.15, -0.1) is 0 Å². The van der Waals surface area contributed by atoms with E-state index in [0.717, 1.165) is 18.8 Å². The lowest BCUT2D eigenvalue weighted by Crippen LogP contribution is -2.36. The van der Waals surface area contributed by atoms with Crippen molar-refractivity contribution in [1.82, 2.24) is 4.98 Å². The molecule has 0 bridgehead atoms. The molecule has 1 N–H and O–H groups in total. The zero-order valence-corrected chi connectivity index (χ0v) is 18.1. The van der Waals surface area contributed by atoms with E-state index in [-0.39, 0.29) is 21.9 Å². The van der Waals surface area contributed by atoms with Crippen molar-refractivity contribution in [1.29, 1.82) is 0 Å². The first-order valence-electron chi connectivity index (χ1n) is 9.64. The van der Waals surface area contributed by atoms with Crippen molar-refractivity contribution < 1.29 is 17.9 Å². The minimum Gasteiger partial charge on any atom is -0.378 e. The average Bonchev–Trinajstić information content (AvgIpc) is 2.81. The summed E-state index contributed by atoms with van der Waals surface area (Å²) in [5.74, 6) is -0.379. The summed E-state index contributed by atoms with van der Waals surface area (Å²) in [6.45, 7) is 2.81. The van der Waals surface area contributed by atoms with Gasteiger partial charge in [0.25, 0.3) is 10.0 Å². The third-order valence-electron chi connectivity index (χ3n) is 4.92. The summed E-state index contributed by atoms with van der Waals surface area (Å²) in [5, 5.41) is 0.324. The van der Waals surface area contributed by atoms with Crippen molar-refractivity contribution in [3.63, 3.8) is 0 Å². The number of carbonyl (C=O) groups is 1. The van der Waals surface area contributed by atoms with Crippen LogP contribution in [0.25, 0.3) is 0 Å². The summed E-state index contributed by atoms with van der Waals surface area (Å²) < 4.78 is 33.8. The highest BCUT2D eigenvalue weighted by molar-refractivity contribution is 7.92. The Morgan fingerprint density at radius 2 is 1.81 bits per heavy atom. The number of aromatic nitrogens is 1. The molecule has 4 rings (SSSR count). The molecule has 9 heteroatoms. The van der Waals surface area contributed by atoms with Gasteiger partial charge >= 0.3 is 0 Å². The summed E-state index contributed by atoms with van der Waals surface area (Å²) in [4.78, 5) is 19.1. The van der Waals surface area contributed by atoms with E-state index in [2.05, 4.69) is 14.6 Å². The molecular weight excluding hydrogens is 438 g/mol. The smallest absolute Gasteiger partial charge is 0.261 e. The van der Waals surface area contributed by atoms with E-state index in [0.29, 0.717) is 23.8 Å². The Balaban J connectivity index is 1.60. The summed E-state index contributed by atoms with van der Waals surface area (Å²) in [6.07, 6.45) is 2.98. The number of carbonyl (C=O) groups excluding carboxylic acids is 1. The fraction of sp³-hybridized carbons (Fsp3) is 0.182. The Morgan fingerprint density at radius 3 is 2.48 bits per heavy atom. The Hall–Kier alpha value is -2.94. The maximum absolute atomic E-state index is 13.0. The molecule has 2 aromatic carbocycles. The van der Waals surface area contributed by atoms with Gasteiger partial charge in [-0.05, 0) is 54.6 Å². The van der Waals surface area contributed by atoms with Gasteiger partial charge in [-0.2, -0.15) is 0 Å². The number of morpholine rings is 1.